The third kappa shape index (κ3) is 3.05. The van der Waals surface area contributed by atoms with Crippen molar-refractivity contribution in [1.29, 1.82) is 5.26 Å². The van der Waals surface area contributed by atoms with Gasteiger partial charge in [0.2, 0.25) is 5.91 Å². The zero-order chi connectivity index (χ0) is 14.5. The summed E-state index contributed by atoms with van der Waals surface area (Å²) in [5, 5.41) is 11.3. The van der Waals surface area contributed by atoms with Crippen LogP contribution in [-0.2, 0) is 4.79 Å². The van der Waals surface area contributed by atoms with Gasteiger partial charge in [0.15, 0.2) is 11.6 Å². The number of likely N-dealkylation sites (tertiary alicyclic amines) is 1. The number of nitrogens with one attached hydrogen (secondary N) is 1. The van der Waals surface area contributed by atoms with E-state index < -0.39 is 11.6 Å². The van der Waals surface area contributed by atoms with Crippen molar-refractivity contribution < 1.29 is 13.6 Å². The van der Waals surface area contributed by atoms with E-state index in [2.05, 4.69) is 5.32 Å². The first-order valence-corrected chi connectivity index (χ1v) is 6.53. The largest absolute Gasteiger partial charge is 0.382 e. The monoisotopic (exact) mass is 279 g/mol. The number of nitrogens with zero attached hydrogens (tertiary/aromatic N) is 2. The van der Waals surface area contributed by atoms with E-state index in [1.165, 1.54) is 12.1 Å². The van der Waals surface area contributed by atoms with Gasteiger partial charge in [0.1, 0.15) is 6.07 Å². The molecule has 0 spiro atoms. The van der Waals surface area contributed by atoms with Crippen LogP contribution in [-0.4, -0.2) is 30.4 Å². The van der Waals surface area contributed by atoms with E-state index in [1.54, 1.807) is 11.0 Å². The number of halogens is 2. The Morgan fingerprint density at radius 3 is 2.65 bits per heavy atom. The lowest BCUT2D eigenvalue weighted by atomic mass is 10.2. The molecule has 1 aromatic carbocycles. The number of amides is 1. The molecule has 0 radical (unpaired) electrons. The maximum absolute atomic E-state index is 13.6. The van der Waals surface area contributed by atoms with Gasteiger partial charge in [0.25, 0.3) is 0 Å². The lowest BCUT2D eigenvalue weighted by molar-refractivity contribution is -0.129. The normalized spacial score (nSPS) is 14.2. The Bertz CT molecular complexity index is 548. The third-order valence-corrected chi connectivity index (χ3v) is 3.32. The van der Waals surface area contributed by atoms with Crippen LogP contribution in [0.15, 0.2) is 12.1 Å². The molecule has 1 aliphatic rings. The molecule has 0 saturated carbocycles. The van der Waals surface area contributed by atoms with E-state index in [1.807, 2.05) is 0 Å². The van der Waals surface area contributed by atoms with Crippen molar-refractivity contribution in [2.45, 2.75) is 19.3 Å². The number of carbonyl (C=O) groups is 1. The maximum Gasteiger partial charge on any atom is 0.224 e. The standard InChI is InChI=1S/C14H15F2N3O/c15-13-10(9-17)3-4-11(14(13)16)18-6-5-12(20)19-7-1-2-8-19/h3-4,18H,1-2,5-8H2. The minimum absolute atomic E-state index is 0.0181. The first kappa shape index (κ1) is 14.3. The summed E-state index contributed by atoms with van der Waals surface area (Å²) in [6, 6.07) is 4.09. The molecule has 0 aromatic heterocycles. The van der Waals surface area contributed by atoms with E-state index in [9.17, 15) is 13.6 Å². The average molecular weight is 279 g/mol. The molecule has 0 aliphatic carbocycles. The minimum Gasteiger partial charge on any atom is -0.382 e. The van der Waals surface area contributed by atoms with Gasteiger partial charge in [0, 0.05) is 26.1 Å². The van der Waals surface area contributed by atoms with Crippen LogP contribution in [0.4, 0.5) is 14.5 Å². The number of nitriles is 1. The Hall–Kier alpha value is -2.16. The van der Waals surface area contributed by atoms with Crippen molar-refractivity contribution in [3.63, 3.8) is 0 Å². The molecule has 1 heterocycles. The van der Waals surface area contributed by atoms with Crippen LogP contribution in [0.25, 0.3) is 0 Å². The molecule has 1 N–H and O–H groups in total. The highest BCUT2D eigenvalue weighted by atomic mass is 19.2. The molecule has 1 aliphatic heterocycles. The fraction of sp³-hybridized carbons (Fsp3) is 0.429. The summed E-state index contributed by atoms with van der Waals surface area (Å²) in [5.41, 5.74) is -0.364. The minimum atomic E-state index is -1.16. The van der Waals surface area contributed by atoms with Crippen molar-refractivity contribution in [2.24, 2.45) is 0 Å². The number of hydrogen-bond donors (Lipinski definition) is 1. The molecule has 0 atom stereocenters. The van der Waals surface area contributed by atoms with Crippen LogP contribution >= 0.6 is 0 Å². The highest BCUT2D eigenvalue weighted by Gasteiger charge is 2.18. The van der Waals surface area contributed by atoms with Crippen molar-refractivity contribution in [3.8, 4) is 6.07 Å². The molecular formula is C14H15F2N3O. The summed E-state index contributed by atoms with van der Waals surface area (Å²) in [7, 11) is 0. The first-order chi connectivity index (χ1) is 9.63. The van der Waals surface area contributed by atoms with Crippen LogP contribution in [0.3, 0.4) is 0 Å². The number of carbonyl (C=O) groups excluding carboxylic acids is 1. The molecule has 6 heteroatoms. The smallest absolute Gasteiger partial charge is 0.224 e. The summed E-state index contributed by atoms with van der Waals surface area (Å²) >= 11 is 0. The fourth-order valence-corrected chi connectivity index (χ4v) is 2.20. The van der Waals surface area contributed by atoms with E-state index in [4.69, 9.17) is 5.26 Å². The van der Waals surface area contributed by atoms with Crippen LogP contribution in [0.5, 0.6) is 0 Å². The van der Waals surface area contributed by atoms with Gasteiger partial charge in [0.05, 0.1) is 11.3 Å². The Morgan fingerprint density at radius 1 is 1.30 bits per heavy atom. The van der Waals surface area contributed by atoms with Gasteiger partial charge in [-0.2, -0.15) is 5.26 Å². The molecule has 1 saturated heterocycles. The van der Waals surface area contributed by atoms with Crippen molar-refractivity contribution in [2.75, 3.05) is 25.0 Å². The number of rotatable bonds is 4. The number of benzene rings is 1. The average Bonchev–Trinajstić information content (AvgIpc) is 2.98. The number of anilines is 1. The van der Waals surface area contributed by atoms with Gasteiger partial charge in [-0.15, -0.1) is 0 Å². The second kappa shape index (κ2) is 6.33. The van der Waals surface area contributed by atoms with E-state index in [-0.39, 0.29) is 30.1 Å². The summed E-state index contributed by atoms with van der Waals surface area (Å²) in [4.78, 5) is 13.5. The molecule has 2 rings (SSSR count). The van der Waals surface area contributed by atoms with Gasteiger partial charge in [-0.25, -0.2) is 8.78 Å². The van der Waals surface area contributed by atoms with E-state index in [0.29, 0.717) is 0 Å². The van der Waals surface area contributed by atoms with Gasteiger partial charge in [-0.1, -0.05) is 0 Å². The van der Waals surface area contributed by atoms with Gasteiger partial charge >= 0.3 is 0 Å². The highest BCUT2D eigenvalue weighted by molar-refractivity contribution is 5.77. The molecule has 1 aromatic rings. The molecule has 0 bridgehead atoms. The van der Waals surface area contributed by atoms with Crippen LogP contribution in [0.2, 0.25) is 0 Å². The molecular weight excluding hydrogens is 264 g/mol. The lowest BCUT2D eigenvalue weighted by Crippen LogP contribution is -2.29. The first-order valence-electron chi connectivity index (χ1n) is 6.53. The SMILES string of the molecule is N#Cc1ccc(NCCC(=O)N2CCCC2)c(F)c1F. The van der Waals surface area contributed by atoms with Crippen LogP contribution in [0, 0.1) is 23.0 Å². The number of hydrogen-bond acceptors (Lipinski definition) is 3. The molecule has 1 amide bonds. The molecule has 1 fully saturated rings. The Morgan fingerprint density at radius 2 is 2.00 bits per heavy atom. The van der Waals surface area contributed by atoms with Gasteiger partial charge in [-0.3, -0.25) is 4.79 Å². The Labute approximate surface area is 116 Å². The van der Waals surface area contributed by atoms with E-state index >= 15 is 0 Å². The van der Waals surface area contributed by atoms with Crippen molar-refractivity contribution in [3.05, 3.63) is 29.3 Å². The third-order valence-electron chi connectivity index (χ3n) is 3.32. The molecule has 20 heavy (non-hydrogen) atoms. The predicted molar refractivity (Wildman–Crippen MR) is 70.0 cm³/mol. The maximum atomic E-state index is 13.6. The predicted octanol–water partition coefficient (Wildman–Crippen LogP) is 2.26. The summed E-state index contributed by atoms with van der Waals surface area (Å²) in [6.07, 6.45) is 2.28. The van der Waals surface area contributed by atoms with Gasteiger partial charge in [-0.05, 0) is 25.0 Å². The fourth-order valence-electron chi connectivity index (χ4n) is 2.20. The summed E-state index contributed by atoms with van der Waals surface area (Å²) < 4.78 is 27.0. The zero-order valence-corrected chi connectivity index (χ0v) is 11.0. The van der Waals surface area contributed by atoms with Crippen molar-refractivity contribution in [1.82, 2.24) is 4.90 Å². The summed E-state index contributed by atoms with van der Waals surface area (Å²) in [6.45, 7) is 1.79. The van der Waals surface area contributed by atoms with Crippen LogP contribution in [0.1, 0.15) is 24.8 Å². The quantitative estimate of drug-likeness (QED) is 0.919. The molecule has 106 valence electrons. The second-order valence-electron chi connectivity index (χ2n) is 4.67. The molecule has 0 unspecified atom stereocenters. The lowest BCUT2D eigenvalue weighted by Gasteiger charge is -2.15. The molecule has 4 nitrogen and oxygen atoms in total. The van der Waals surface area contributed by atoms with Crippen molar-refractivity contribution >= 4 is 11.6 Å². The zero-order valence-electron chi connectivity index (χ0n) is 11.0. The van der Waals surface area contributed by atoms with Crippen LogP contribution < -0.4 is 5.32 Å². The highest BCUT2D eigenvalue weighted by Crippen LogP contribution is 2.20. The topological polar surface area (TPSA) is 56.1 Å². The Kier molecular flexibility index (Phi) is 4.51. The second-order valence-corrected chi connectivity index (χ2v) is 4.67. The summed E-state index contributed by atoms with van der Waals surface area (Å²) in [5.74, 6) is -2.23. The van der Waals surface area contributed by atoms with E-state index in [0.717, 1.165) is 25.9 Å². The van der Waals surface area contributed by atoms with Gasteiger partial charge < -0.3 is 10.2 Å². The Balaban J connectivity index is 1.90.